The number of hydrogen-bond acceptors (Lipinski definition) is 4. The second kappa shape index (κ2) is 9.17. The van der Waals surface area contributed by atoms with Crippen LogP contribution in [0.3, 0.4) is 0 Å². The van der Waals surface area contributed by atoms with Crippen molar-refractivity contribution in [3.8, 4) is 0 Å². The van der Waals surface area contributed by atoms with Crippen molar-refractivity contribution in [2.75, 3.05) is 32.6 Å². The van der Waals surface area contributed by atoms with Gasteiger partial charge in [0.25, 0.3) is 0 Å². The fourth-order valence-electron chi connectivity index (χ4n) is 4.14. The van der Waals surface area contributed by atoms with Gasteiger partial charge in [-0.15, -0.1) is 0 Å². The Morgan fingerprint density at radius 2 is 1.89 bits per heavy atom. The third kappa shape index (κ3) is 6.02. The van der Waals surface area contributed by atoms with Crippen LogP contribution in [0.4, 0.5) is 0 Å². The average Bonchev–Trinajstić information content (AvgIpc) is 2.87. The van der Waals surface area contributed by atoms with Gasteiger partial charge in [-0.05, 0) is 49.1 Å². The predicted octanol–water partition coefficient (Wildman–Crippen LogP) is 2.05. The van der Waals surface area contributed by atoms with Gasteiger partial charge in [0.15, 0.2) is 0 Å². The number of ether oxygens (including phenoxy) is 1. The lowest BCUT2D eigenvalue weighted by Gasteiger charge is -2.26. The highest BCUT2D eigenvalue weighted by Gasteiger charge is 2.24. The van der Waals surface area contributed by atoms with E-state index in [1.807, 2.05) is 17.0 Å². The van der Waals surface area contributed by atoms with E-state index in [-0.39, 0.29) is 11.9 Å². The van der Waals surface area contributed by atoms with E-state index in [0.717, 1.165) is 44.5 Å². The number of benzene rings is 1. The molecule has 1 amide bonds. The Kier molecular flexibility index (Phi) is 6.89. The van der Waals surface area contributed by atoms with Gasteiger partial charge in [-0.2, -0.15) is 0 Å². The standard InChI is InChI=1S/C20H30N2O4S/c1-27(24,25)21-18-6-4-11-22(12-8-18)20(23)15-17-5-2-3-7-19(17)16-9-13-26-14-10-16/h2-3,5,7,16,18,21H,4,6,8-15H2,1H3. The summed E-state index contributed by atoms with van der Waals surface area (Å²) in [5, 5.41) is 0. The summed E-state index contributed by atoms with van der Waals surface area (Å²) in [5.41, 5.74) is 2.39. The molecular formula is C20H30N2O4S. The van der Waals surface area contributed by atoms with Crippen molar-refractivity contribution in [2.45, 2.75) is 50.5 Å². The van der Waals surface area contributed by atoms with Crippen molar-refractivity contribution in [3.63, 3.8) is 0 Å². The molecule has 1 N–H and O–H groups in total. The zero-order chi connectivity index (χ0) is 19.3. The van der Waals surface area contributed by atoms with Crippen LogP contribution < -0.4 is 4.72 Å². The van der Waals surface area contributed by atoms with Gasteiger partial charge < -0.3 is 9.64 Å². The molecule has 2 heterocycles. The van der Waals surface area contributed by atoms with Crippen LogP contribution in [0.15, 0.2) is 24.3 Å². The molecule has 0 aromatic heterocycles. The van der Waals surface area contributed by atoms with Crippen molar-refractivity contribution >= 4 is 15.9 Å². The van der Waals surface area contributed by atoms with Gasteiger partial charge in [0.1, 0.15) is 0 Å². The number of rotatable bonds is 5. The average molecular weight is 395 g/mol. The van der Waals surface area contributed by atoms with Crippen LogP contribution in [-0.4, -0.2) is 57.8 Å². The molecule has 2 fully saturated rings. The van der Waals surface area contributed by atoms with Gasteiger partial charge in [0.05, 0.1) is 12.7 Å². The normalized spacial score (nSPS) is 22.4. The molecule has 1 aromatic rings. The number of carbonyl (C=O) groups excluding carboxylic acids is 1. The number of carbonyl (C=O) groups is 1. The Labute approximate surface area is 162 Å². The van der Waals surface area contributed by atoms with Crippen molar-refractivity contribution in [1.82, 2.24) is 9.62 Å². The topological polar surface area (TPSA) is 75.7 Å². The van der Waals surface area contributed by atoms with Crippen LogP contribution in [0.2, 0.25) is 0 Å². The first-order chi connectivity index (χ1) is 12.9. The van der Waals surface area contributed by atoms with Crippen molar-refractivity contribution in [3.05, 3.63) is 35.4 Å². The fourth-order valence-corrected chi connectivity index (χ4v) is 4.98. The second-order valence-corrected chi connectivity index (χ2v) is 9.44. The van der Waals surface area contributed by atoms with E-state index in [9.17, 15) is 13.2 Å². The van der Waals surface area contributed by atoms with E-state index in [0.29, 0.717) is 31.8 Å². The van der Waals surface area contributed by atoms with E-state index in [4.69, 9.17) is 4.74 Å². The molecule has 0 spiro atoms. The Bertz CT molecular complexity index is 744. The highest BCUT2D eigenvalue weighted by molar-refractivity contribution is 7.88. The van der Waals surface area contributed by atoms with E-state index in [1.54, 1.807) is 0 Å². The van der Waals surface area contributed by atoms with E-state index in [1.165, 1.54) is 11.8 Å². The van der Waals surface area contributed by atoms with Gasteiger partial charge in [0, 0.05) is 32.3 Å². The Hall–Kier alpha value is -1.44. The molecule has 1 unspecified atom stereocenters. The molecule has 27 heavy (non-hydrogen) atoms. The number of nitrogens with one attached hydrogen (secondary N) is 1. The third-order valence-electron chi connectivity index (χ3n) is 5.52. The number of hydrogen-bond donors (Lipinski definition) is 1. The summed E-state index contributed by atoms with van der Waals surface area (Å²) < 4.78 is 31.1. The predicted molar refractivity (Wildman–Crippen MR) is 105 cm³/mol. The van der Waals surface area contributed by atoms with E-state index >= 15 is 0 Å². The number of likely N-dealkylation sites (tertiary alicyclic amines) is 1. The first kappa shape index (κ1) is 20.3. The molecule has 150 valence electrons. The molecule has 0 radical (unpaired) electrons. The molecule has 7 heteroatoms. The minimum Gasteiger partial charge on any atom is -0.381 e. The summed E-state index contributed by atoms with van der Waals surface area (Å²) in [6.45, 7) is 2.87. The largest absolute Gasteiger partial charge is 0.381 e. The van der Waals surface area contributed by atoms with Gasteiger partial charge >= 0.3 is 0 Å². The molecule has 0 bridgehead atoms. The summed E-state index contributed by atoms with van der Waals surface area (Å²) in [4.78, 5) is 14.8. The van der Waals surface area contributed by atoms with Gasteiger partial charge in [0.2, 0.25) is 15.9 Å². The maximum atomic E-state index is 12.9. The van der Waals surface area contributed by atoms with Crippen molar-refractivity contribution in [1.29, 1.82) is 0 Å². The third-order valence-corrected chi connectivity index (χ3v) is 6.28. The minimum absolute atomic E-state index is 0.0766. The second-order valence-electron chi connectivity index (χ2n) is 7.66. The summed E-state index contributed by atoms with van der Waals surface area (Å²) in [6, 6.07) is 8.18. The zero-order valence-corrected chi connectivity index (χ0v) is 16.8. The smallest absolute Gasteiger partial charge is 0.227 e. The first-order valence-corrected chi connectivity index (χ1v) is 11.7. The van der Waals surface area contributed by atoms with Crippen LogP contribution >= 0.6 is 0 Å². The Morgan fingerprint density at radius 1 is 1.15 bits per heavy atom. The highest BCUT2D eigenvalue weighted by Crippen LogP contribution is 2.30. The number of sulfonamides is 1. The molecule has 2 aliphatic rings. The molecule has 0 aliphatic carbocycles. The maximum absolute atomic E-state index is 12.9. The first-order valence-electron chi connectivity index (χ1n) is 9.83. The number of amides is 1. The van der Waals surface area contributed by atoms with Crippen molar-refractivity contribution in [2.24, 2.45) is 0 Å². The van der Waals surface area contributed by atoms with Gasteiger partial charge in [-0.25, -0.2) is 13.1 Å². The van der Waals surface area contributed by atoms with Crippen LogP contribution in [0.1, 0.15) is 49.1 Å². The quantitative estimate of drug-likeness (QED) is 0.829. The highest BCUT2D eigenvalue weighted by atomic mass is 32.2. The lowest BCUT2D eigenvalue weighted by atomic mass is 9.87. The van der Waals surface area contributed by atoms with Crippen LogP contribution in [0.25, 0.3) is 0 Å². The molecular weight excluding hydrogens is 364 g/mol. The molecule has 3 rings (SSSR count). The SMILES string of the molecule is CS(=O)(=O)NC1CCCN(C(=O)Cc2ccccc2C2CCOCC2)CC1. The van der Waals surface area contributed by atoms with Crippen LogP contribution in [0.5, 0.6) is 0 Å². The summed E-state index contributed by atoms with van der Waals surface area (Å²) in [7, 11) is -3.21. The molecule has 0 saturated carbocycles. The van der Waals surface area contributed by atoms with Crippen LogP contribution in [0, 0.1) is 0 Å². The molecule has 1 atom stereocenters. The van der Waals surface area contributed by atoms with Gasteiger partial charge in [-0.3, -0.25) is 4.79 Å². The lowest BCUT2D eigenvalue weighted by Crippen LogP contribution is -2.36. The monoisotopic (exact) mass is 394 g/mol. The maximum Gasteiger partial charge on any atom is 0.227 e. The van der Waals surface area contributed by atoms with Crippen LogP contribution in [-0.2, 0) is 26.0 Å². The molecule has 2 saturated heterocycles. The zero-order valence-electron chi connectivity index (χ0n) is 16.0. The van der Waals surface area contributed by atoms with Crippen molar-refractivity contribution < 1.29 is 17.9 Å². The van der Waals surface area contributed by atoms with E-state index in [2.05, 4.69) is 16.9 Å². The van der Waals surface area contributed by atoms with E-state index < -0.39 is 10.0 Å². The summed E-state index contributed by atoms with van der Waals surface area (Å²) in [6.07, 6.45) is 5.88. The molecule has 1 aromatic carbocycles. The molecule has 6 nitrogen and oxygen atoms in total. The Morgan fingerprint density at radius 3 is 2.63 bits per heavy atom. The summed E-state index contributed by atoms with van der Waals surface area (Å²) >= 11 is 0. The van der Waals surface area contributed by atoms with Gasteiger partial charge in [-0.1, -0.05) is 24.3 Å². The minimum atomic E-state index is -3.21. The molecule has 2 aliphatic heterocycles. The summed E-state index contributed by atoms with van der Waals surface area (Å²) in [5.74, 6) is 0.602. The fraction of sp³-hybridized carbons (Fsp3) is 0.650. The number of nitrogens with zero attached hydrogens (tertiary/aromatic N) is 1. The Balaban J connectivity index is 1.62. The lowest BCUT2D eigenvalue weighted by molar-refractivity contribution is -0.130.